The molecule has 0 saturated carbocycles. The molecular weight excluding hydrogens is 274 g/mol. The molecule has 1 aromatic carbocycles. The molecule has 0 spiro atoms. The van der Waals surface area contributed by atoms with Crippen molar-refractivity contribution in [1.82, 2.24) is 0 Å². The molecule has 5 heteroatoms. The van der Waals surface area contributed by atoms with Gasteiger partial charge in [-0.1, -0.05) is 0 Å². The molecule has 1 nitrogen and oxygen atoms in total. The zero-order valence-electron chi connectivity index (χ0n) is 6.80. The number of rotatable bonds is 1. The van der Waals surface area contributed by atoms with Gasteiger partial charge in [0.2, 0.25) is 0 Å². The zero-order chi connectivity index (χ0) is 10.3. The lowest BCUT2D eigenvalue weighted by molar-refractivity contribution is 0.156. The average Bonchev–Trinajstić information content (AvgIpc) is 2.56. The fraction of sp³-hybridized carbons (Fsp3) is 0.111. The molecule has 0 saturated heterocycles. The summed E-state index contributed by atoms with van der Waals surface area (Å²) in [5.74, 6) is 0.0658. The normalized spacial score (nSPS) is 11.4. The van der Waals surface area contributed by atoms with Gasteiger partial charge in [0, 0.05) is 10.1 Å². The van der Waals surface area contributed by atoms with Gasteiger partial charge in [-0.3, -0.25) is 0 Å². The van der Waals surface area contributed by atoms with Crippen molar-refractivity contribution >= 4 is 37.4 Å². The lowest BCUT2D eigenvalue weighted by atomic mass is 10.2. The Hall–Kier alpha value is -0.680. The first-order valence-electron chi connectivity index (χ1n) is 3.78. The number of aromatic hydroxyl groups is 1. The standard InChI is InChI=1S/C9H5BrF2OS/c10-8-4-3-7(9(11)12)14-6(4)2-1-5(8)13/h1-3,9,13H. The third-order valence-corrected chi connectivity index (χ3v) is 3.79. The van der Waals surface area contributed by atoms with E-state index < -0.39 is 6.43 Å². The van der Waals surface area contributed by atoms with Crippen molar-refractivity contribution < 1.29 is 13.9 Å². The van der Waals surface area contributed by atoms with Crippen LogP contribution in [-0.4, -0.2) is 5.11 Å². The molecule has 0 bridgehead atoms. The maximum absolute atomic E-state index is 12.4. The predicted octanol–water partition coefficient (Wildman–Crippen LogP) is 4.31. The molecule has 74 valence electrons. The fourth-order valence-corrected chi connectivity index (χ4v) is 2.71. The van der Waals surface area contributed by atoms with Crippen molar-refractivity contribution in [3.8, 4) is 5.75 Å². The summed E-state index contributed by atoms with van der Waals surface area (Å²) in [5.41, 5.74) is 0. The Kier molecular flexibility index (Phi) is 2.45. The van der Waals surface area contributed by atoms with E-state index in [0.29, 0.717) is 9.86 Å². The molecule has 0 atom stereocenters. The summed E-state index contributed by atoms with van der Waals surface area (Å²) >= 11 is 4.19. The van der Waals surface area contributed by atoms with Crippen LogP contribution in [0.2, 0.25) is 0 Å². The number of phenols is 1. The van der Waals surface area contributed by atoms with Crippen molar-refractivity contribution in [3.05, 3.63) is 27.5 Å². The smallest absolute Gasteiger partial charge is 0.272 e. The van der Waals surface area contributed by atoms with Gasteiger partial charge in [-0.15, -0.1) is 11.3 Å². The molecule has 0 radical (unpaired) electrons. The molecular formula is C9H5BrF2OS. The molecule has 0 fully saturated rings. The number of alkyl halides is 2. The van der Waals surface area contributed by atoms with E-state index in [9.17, 15) is 13.9 Å². The van der Waals surface area contributed by atoms with Crippen LogP contribution >= 0.6 is 27.3 Å². The van der Waals surface area contributed by atoms with E-state index in [1.165, 1.54) is 12.1 Å². The van der Waals surface area contributed by atoms with Gasteiger partial charge in [-0.2, -0.15) is 0 Å². The molecule has 0 aliphatic heterocycles. The molecule has 1 aromatic heterocycles. The lowest BCUT2D eigenvalue weighted by Crippen LogP contribution is -1.73. The topological polar surface area (TPSA) is 20.2 Å². The highest BCUT2D eigenvalue weighted by Gasteiger charge is 2.14. The van der Waals surface area contributed by atoms with E-state index in [2.05, 4.69) is 15.9 Å². The van der Waals surface area contributed by atoms with Gasteiger partial charge in [0.15, 0.2) is 0 Å². The highest BCUT2D eigenvalue weighted by Crippen LogP contribution is 2.39. The number of benzene rings is 1. The minimum Gasteiger partial charge on any atom is -0.507 e. The van der Waals surface area contributed by atoms with E-state index in [-0.39, 0.29) is 10.6 Å². The number of phenolic OH excluding ortho intramolecular Hbond substituents is 1. The molecule has 1 N–H and O–H groups in total. The molecule has 14 heavy (non-hydrogen) atoms. The Bertz CT molecular complexity index is 481. The second-order valence-corrected chi connectivity index (χ2v) is 4.67. The van der Waals surface area contributed by atoms with E-state index >= 15 is 0 Å². The highest BCUT2D eigenvalue weighted by atomic mass is 79.9. The number of hydrogen-bond acceptors (Lipinski definition) is 2. The molecule has 0 aliphatic rings. The van der Waals surface area contributed by atoms with Crippen LogP contribution in [0.4, 0.5) is 8.78 Å². The van der Waals surface area contributed by atoms with Crippen LogP contribution in [0.15, 0.2) is 22.7 Å². The molecule has 2 aromatic rings. The van der Waals surface area contributed by atoms with Crippen LogP contribution in [0.25, 0.3) is 10.1 Å². The van der Waals surface area contributed by atoms with E-state index in [1.807, 2.05) is 0 Å². The van der Waals surface area contributed by atoms with Gasteiger partial charge < -0.3 is 5.11 Å². The zero-order valence-corrected chi connectivity index (χ0v) is 9.20. The second kappa shape index (κ2) is 3.47. The van der Waals surface area contributed by atoms with Crippen molar-refractivity contribution in [2.24, 2.45) is 0 Å². The summed E-state index contributed by atoms with van der Waals surface area (Å²) < 4.78 is 26.0. The van der Waals surface area contributed by atoms with Crippen molar-refractivity contribution in [2.45, 2.75) is 6.43 Å². The van der Waals surface area contributed by atoms with Crippen LogP contribution < -0.4 is 0 Å². The van der Waals surface area contributed by atoms with Crippen LogP contribution in [0, 0.1) is 0 Å². The first-order valence-corrected chi connectivity index (χ1v) is 5.39. The van der Waals surface area contributed by atoms with Gasteiger partial charge in [0.1, 0.15) is 5.75 Å². The fourth-order valence-electron chi connectivity index (χ4n) is 1.19. The largest absolute Gasteiger partial charge is 0.507 e. The van der Waals surface area contributed by atoms with Gasteiger partial charge in [-0.25, -0.2) is 8.78 Å². The van der Waals surface area contributed by atoms with Crippen molar-refractivity contribution in [1.29, 1.82) is 0 Å². The third-order valence-electron chi connectivity index (χ3n) is 1.85. The first kappa shape index (κ1) is 9.86. The molecule has 1 heterocycles. The lowest BCUT2D eigenvalue weighted by Gasteiger charge is -1.96. The first-order chi connectivity index (χ1) is 6.59. The Morgan fingerprint density at radius 3 is 2.71 bits per heavy atom. The SMILES string of the molecule is Oc1ccc2sc(C(F)F)cc2c1Br. The third kappa shape index (κ3) is 1.50. The van der Waals surface area contributed by atoms with Crippen LogP contribution in [-0.2, 0) is 0 Å². The van der Waals surface area contributed by atoms with Gasteiger partial charge in [-0.05, 0) is 34.1 Å². The Morgan fingerprint density at radius 2 is 2.07 bits per heavy atom. The Morgan fingerprint density at radius 1 is 1.36 bits per heavy atom. The highest BCUT2D eigenvalue weighted by molar-refractivity contribution is 9.10. The number of halogens is 3. The quantitative estimate of drug-likeness (QED) is 0.824. The minimum atomic E-state index is -2.46. The van der Waals surface area contributed by atoms with Crippen molar-refractivity contribution in [2.75, 3.05) is 0 Å². The Balaban J connectivity index is 2.71. The van der Waals surface area contributed by atoms with E-state index in [0.717, 1.165) is 16.0 Å². The maximum Gasteiger partial charge on any atom is 0.272 e. The molecule has 0 unspecified atom stereocenters. The van der Waals surface area contributed by atoms with Crippen LogP contribution in [0.1, 0.15) is 11.3 Å². The van der Waals surface area contributed by atoms with E-state index in [4.69, 9.17) is 0 Å². The van der Waals surface area contributed by atoms with Crippen LogP contribution in [0.5, 0.6) is 5.75 Å². The van der Waals surface area contributed by atoms with Gasteiger partial charge in [0.05, 0.1) is 9.35 Å². The summed E-state index contributed by atoms with van der Waals surface area (Å²) in [7, 11) is 0. The van der Waals surface area contributed by atoms with Gasteiger partial charge >= 0.3 is 0 Å². The maximum atomic E-state index is 12.4. The van der Waals surface area contributed by atoms with Gasteiger partial charge in [0.25, 0.3) is 6.43 Å². The number of fused-ring (bicyclic) bond motifs is 1. The summed E-state index contributed by atoms with van der Waals surface area (Å²) in [4.78, 5) is 0.0197. The van der Waals surface area contributed by atoms with Crippen molar-refractivity contribution in [3.63, 3.8) is 0 Å². The molecule has 2 rings (SSSR count). The monoisotopic (exact) mass is 278 g/mol. The molecule has 0 amide bonds. The average molecular weight is 279 g/mol. The predicted molar refractivity (Wildman–Crippen MR) is 56.1 cm³/mol. The Labute approximate surface area is 91.1 Å². The molecule has 0 aliphatic carbocycles. The van der Waals surface area contributed by atoms with E-state index in [1.54, 1.807) is 6.07 Å². The minimum absolute atomic E-state index is 0.0197. The number of hydrogen-bond donors (Lipinski definition) is 1. The summed E-state index contributed by atoms with van der Waals surface area (Å²) in [6.07, 6.45) is -2.46. The summed E-state index contributed by atoms with van der Waals surface area (Å²) in [6, 6.07) is 4.51. The summed E-state index contributed by atoms with van der Waals surface area (Å²) in [5, 5.41) is 9.97. The summed E-state index contributed by atoms with van der Waals surface area (Å²) in [6.45, 7) is 0. The number of thiophene rings is 1. The second-order valence-electron chi connectivity index (χ2n) is 2.76. The van der Waals surface area contributed by atoms with Crippen LogP contribution in [0.3, 0.4) is 0 Å².